The maximum absolute atomic E-state index is 14.2. The zero-order valence-electron chi connectivity index (χ0n) is 18.6. The maximum atomic E-state index is 14.2. The Kier molecular flexibility index (Phi) is 7.61. The van der Waals surface area contributed by atoms with Gasteiger partial charge in [-0.15, -0.1) is 5.06 Å². The van der Waals surface area contributed by atoms with Crippen LogP contribution in [0.1, 0.15) is 52.8 Å². The summed E-state index contributed by atoms with van der Waals surface area (Å²) < 4.78 is 25.4. The van der Waals surface area contributed by atoms with Gasteiger partial charge in [-0.2, -0.15) is 4.98 Å². The van der Waals surface area contributed by atoms with Gasteiger partial charge < -0.3 is 19.4 Å². The van der Waals surface area contributed by atoms with Crippen molar-refractivity contribution in [1.29, 1.82) is 0 Å². The van der Waals surface area contributed by atoms with Gasteiger partial charge in [-0.3, -0.25) is 0 Å². The van der Waals surface area contributed by atoms with E-state index in [-0.39, 0.29) is 24.5 Å². The minimum absolute atomic E-state index is 0.0151. The van der Waals surface area contributed by atoms with Gasteiger partial charge in [-0.05, 0) is 58.2 Å². The van der Waals surface area contributed by atoms with Crippen LogP contribution in [0.15, 0.2) is 22.7 Å². The van der Waals surface area contributed by atoms with Crippen molar-refractivity contribution >= 4 is 11.7 Å². The molecule has 1 saturated heterocycles. The van der Waals surface area contributed by atoms with E-state index in [0.717, 1.165) is 19.3 Å². The second-order valence-corrected chi connectivity index (χ2v) is 8.70. The van der Waals surface area contributed by atoms with Gasteiger partial charge in [0.05, 0.1) is 17.2 Å². The molecule has 0 unspecified atom stereocenters. The topological polar surface area (TPSA) is 89.7 Å². The minimum atomic E-state index is -0.529. The van der Waals surface area contributed by atoms with E-state index < -0.39 is 5.41 Å². The van der Waals surface area contributed by atoms with Crippen LogP contribution in [0.5, 0.6) is 0 Å². The van der Waals surface area contributed by atoms with Gasteiger partial charge in [0.1, 0.15) is 12.4 Å². The molecule has 2 heterocycles. The molecule has 2 aromatic rings. The van der Waals surface area contributed by atoms with Crippen molar-refractivity contribution < 1.29 is 23.3 Å². The third-order valence-electron chi connectivity index (χ3n) is 4.93. The first-order valence-corrected chi connectivity index (χ1v) is 10.7. The number of rotatable bonds is 8. The number of hydrogen-bond donors (Lipinski definition) is 1. The van der Waals surface area contributed by atoms with Gasteiger partial charge in [0.2, 0.25) is 5.82 Å². The lowest BCUT2D eigenvalue weighted by molar-refractivity contribution is -0.209. The Hall–Kier alpha value is -2.52. The zero-order valence-corrected chi connectivity index (χ0v) is 18.6. The molecule has 1 aromatic carbocycles. The number of anilines is 1. The molecule has 0 aliphatic carbocycles. The van der Waals surface area contributed by atoms with E-state index in [2.05, 4.69) is 15.5 Å². The number of ether oxygens (including phenoxy) is 1. The summed E-state index contributed by atoms with van der Waals surface area (Å²) in [5.74, 6) is 0.0666. The van der Waals surface area contributed by atoms with Gasteiger partial charge in [-0.25, -0.2) is 9.18 Å². The van der Waals surface area contributed by atoms with E-state index in [0.29, 0.717) is 42.6 Å². The highest BCUT2D eigenvalue weighted by molar-refractivity contribution is 5.75. The van der Waals surface area contributed by atoms with Crippen LogP contribution in [0.3, 0.4) is 0 Å². The average molecular weight is 435 g/mol. The Balaban J connectivity index is 1.47. The Morgan fingerprint density at radius 3 is 2.71 bits per heavy atom. The van der Waals surface area contributed by atoms with Crippen molar-refractivity contribution in [2.24, 2.45) is 5.41 Å². The largest absolute Gasteiger partial charge is 0.383 e. The van der Waals surface area contributed by atoms with Crippen molar-refractivity contribution in [3.8, 4) is 11.4 Å². The van der Waals surface area contributed by atoms with Crippen molar-refractivity contribution in [2.45, 2.75) is 59.7 Å². The molecular formula is C22H31FN4O4. The average Bonchev–Trinajstić information content (AvgIpc) is 3.21. The monoisotopic (exact) mass is 434 g/mol. The zero-order chi connectivity index (χ0) is 22.4. The minimum Gasteiger partial charge on any atom is -0.383 e. The van der Waals surface area contributed by atoms with Gasteiger partial charge >= 0.3 is 5.97 Å². The number of carbonyl (C=O) groups is 1. The Morgan fingerprint density at radius 2 is 2.06 bits per heavy atom. The summed E-state index contributed by atoms with van der Waals surface area (Å²) in [4.78, 5) is 21.7. The molecule has 0 radical (unpaired) electrons. The molecule has 0 bridgehead atoms. The number of hydrogen-bond acceptors (Lipinski definition) is 8. The van der Waals surface area contributed by atoms with E-state index in [1.807, 2.05) is 27.7 Å². The molecule has 170 valence electrons. The molecule has 8 nitrogen and oxygen atoms in total. The molecule has 1 aliphatic heterocycles. The summed E-state index contributed by atoms with van der Waals surface area (Å²) >= 11 is 0. The molecule has 0 saturated carbocycles. The molecule has 1 N–H and O–H groups in total. The molecule has 3 rings (SSSR count). The van der Waals surface area contributed by atoms with Crippen molar-refractivity contribution in [3.63, 3.8) is 0 Å². The molecule has 31 heavy (non-hydrogen) atoms. The first-order valence-electron chi connectivity index (χ1n) is 10.7. The van der Waals surface area contributed by atoms with E-state index in [9.17, 15) is 9.18 Å². The number of aromatic nitrogens is 2. The number of benzene rings is 1. The summed E-state index contributed by atoms with van der Waals surface area (Å²) in [7, 11) is 0. The predicted molar refractivity (Wildman–Crippen MR) is 113 cm³/mol. The highest BCUT2D eigenvalue weighted by Gasteiger charge is 2.28. The highest BCUT2D eigenvalue weighted by atomic mass is 19.1. The fourth-order valence-corrected chi connectivity index (χ4v) is 3.02. The molecule has 1 aliphatic rings. The van der Waals surface area contributed by atoms with Crippen LogP contribution in [-0.4, -0.2) is 46.9 Å². The SMILES string of the molecule is CCCNc1ccc(-c2noc(COC3CCN(OC(=O)C(C)(C)C)CC3)n2)cc1F. The third kappa shape index (κ3) is 6.48. The normalized spacial score (nSPS) is 15.8. The van der Waals surface area contributed by atoms with Gasteiger partial charge in [0, 0.05) is 25.2 Å². The lowest BCUT2D eigenvalue weighted by Crippen LogP contribution is -2.40. The summed E-state index contributed by atoms with van der Waals surface area (Å²) in [5, 5.41) is 8.65. The Bertz CT molecular complexity index is 873. The number of piperidine rings is 1. The number of halogens is 1. The van der Waals surface area contributed by atoms with Crippen molar-refractivity contribution in [2.75, 3.05) is 25.0 Å². The molecule has 0 atom stereocenters. The lowest BCUT2D eigenvalue weighted by atomic mass is 9.98. The van der Waals surface area contributed by atoms with E-state index >= 15 is 0 Å². The summed E-state index contributed by atoms with van der Waals surface area (Å²) in [6.07, 6.45) is 2.39. The van der Waals surface area contributed by atoms with Crippen LogP contribution in [0.2, 0.25) is 0 Å². The first kappa shape index (κ1) is 23.1. The number of nitrogens with one attached hydrogen (secondary N) is 1. The standard InChI is InChI=1S/C22H31FN4O4/c1-5-10-24-18-7-6-15(13-17(18)23)20-25-19(30-26-20)14-29-16-8-11-27(12-9-16)31-21(28)22(2,3)4/h6-7,13,16,24H,5,8-12,14H2,1-4H3. The van der Waals surface area contributed by atoms with Crippen LogP contribution in [0.4, 0.5) is 10.1 Å². The Labute approximate surface area is 182 Å². The fourth-order valence-electron chi connectivity index (χ4n) is 3.02. The van der Waals surface area contributed by atoms with Crippen LogP contribution in [0.25, 0.3) is 11.4 Å². The lowest BCUT2D eigenvalue weighted by Gasteiger charge is -2.31. The van der Waals surface area contributed by atoms with Crippen molar-refractivity contribution in [1.82, 2.24) is 15.2 Å². The smallest absolute Gasteiger partial charge is 0.330 e. The molecule has 9 heteroatoms. The molecule has 0 spiro atoms. The van der Waals surface area contributed by atoms with Crippen LogP contribution < -0.4 is 5.32 Å². The van der Waals surface area contributed by atoms with Crippen LogP contribution in [0, 0.1) is 11.2 Å². The van der Waals surface area contributed by atoms with E-state index in [1.165, 1.54) is 6.07 Å². The molecule has 1 fully saturated rings. The van der Waals surface area contributed by atoms with E-state index in [1.54, 1.807) is 17.2 Å². The second-order valence-electron chi connectivity index (χ2n) is 8.70. The number of nitrogens with zero attached hydrogens (tertiary/aromatic N) is 3. The van der Waals surface area contributed by atoms with Gasteiger partial charge in [-0.1, -0.05) is 12.1 Å². The Morgan fingerprint density at radius 1 is 1.32 bits per heavy atom. The summed E-state index contributed by atoms with van der Waals surface area (Å²) in [5.41, 5.74) is 0.471. The number of carbonyl (C=O) groups excluding carboxylic acids is 1. The van der Waals surface area contributed by atoms with Gasteiger partial charge in [0.15, 0.2) is 0 Å². The molecule has 0 amide bonds. The van der Waals surface area contributed by atoms with E-state index in [4.69, 9.17) is 14.1 Å². The second kappa shape index (κ2) is 10.2. The quantitative estimate of drug-likeness (QED) is 0.662. The fraction of sp³-hybridized carbons (Fsp3) is 0.591. The predicted octanol–water partition coefficient (Wildman–Crippen LogP) is 4.18. The molecule has 1 aromatic heterocycles. The highest BCUT2D eigenvalue weighted by Crippen LogP contribution is 2.23. The summed E-state index contributed by atoms with van der Waals surface area (Å²) in [6.45, 7) is 9.61. The first-order chi connectivity index (χ1) is 14.8. The van der Waals surface area contributed by atoms with Gasteiger partial charge in [0.25, 0.3) is 5.89 Å². The summed E-state index contributed by atoms with van der Waals surface area (Å²) in [6, 6.07) is 4.82. The van der Waals surface area contributed by atoms with Crippen LogP contribution in [-0.2, 0) is 21.0 Å². The van der Waals surface area contributed by atoms with Crippen molar-refractivity contribution in [3.05, 3.63) is 29.9 Å². The van der Waals surface area contributed by atoms with Crippen LogP contribution >= 0.6 is 0 Å². The number of hydroxylamine groups is 2. The third-order valence-corrected chi connectivity index (χ3v) is 4.93. The molecular weight excluding hydrogens is 403 g/mol. The maximum Gasteiger partial charge on any atom is 0.330 e.